The predicted molar refractivity (Wildman–Crippen MR) is 106 cm³/mol. The van der Waals surface area contributed by atoms with Crippen molar-refractivity contribution in [2.75, 3.05) is 4.90 Å². The summed E-state index contributed by atoms with van der Waals surface area (Å²) in [6.45, 7) is 1.79. The van der Waals surface area contributed by atoms with E-state index in [0.29, 0.717) is 17.5 Å². The van der Waals surface area contributed by atoms with Gasteiger partial charge in [-0.2, -0.15) is 0 Å². The van der Waals surface area contributed by atoms with Gasteiger partial charge in [-0.25, -0.2) is 17.6 Å². The van der Waals surface area contributed by atoms with Crippen molar-refractivity contribution in [3.8, 4) is 5.75 Å². The standard InChI is InChI=1S/C22H16BrF4NO/c1-11-6-12-7-15(29)3-4-16(12)22(21-18(26)8-13(23)9-19(21)27)28(11)20-5-2-14(24)10-17(20)25/h2-5,7-11,22,29H,6H2,1H3/t11?,22-/m1/s1. The highest BCUT2D eigenvalue weighted by Crippen LogP contribution is 2.44. The molecule has 1 heterocycles. The van der Waals surface area contributed by atoms with Gasteiger partial charge < -0.3 is 10.0 Å². The molecule has 0 saturated heterocycles. The zero-order valence-corrected chi connectivity index (χ0v) is 16.9. The Labute approximate surface area is 173 Å². The molecule has 4 rings (SSSR count). The molecular formula is C22H16BrF4NO. The number of aromatic hydroxyl groups is 1. The zero-order valence-electron chi connectivity index (χ0n) is 15.3. The van der Waals surface area contributed by atoms with Gasteiger partial charge in [-0.1, -0.05) is 22.0 Å². The van der Waals surface area contributed by atoms with Gasteiger partial charge in [0.05, 0.1) is 17.3 Å². The molecule has 0 fully saturated rings. The highest BCUT2D eigenvalue weighted by atomic mass is 79.9. The van der Waals surface area contributed by atoms with Crippen LogP contribution in [-0.4, -0.2) is 11.1 Å². The van der Waals surface area contributed by atoms with E-state index in [1.165, 1.54) is 12.1 Å². The van der Waals surface area contributed by atoms with Crippen molar-refractivity contribution < 1.29 is 22.7 Å². The maximum atomic E-state index is 15.0. The molecule has 0 saturated carbocycles. The van der Waals surface area contributed by atoms with Crippen LogP contribution in [0.2, 0.25) is 0 Å². The summed E-state index contributed by atoms with van der Waals surface area (Å²) in [5.41, 5.74) is 1.06. The maximum absolute atomic E-state index is 15.0. The lowest BCUT2D eigenvalue weighted by atomic mass is 9.84. The first-order valence-corrected chi connectivity index (χ1v) is 9.75. The van der Waals surface area contributed by atoms with Crippen molar-refractivity contribution in [2.45, 2.75) is 25.4 Å². The van der Waals surface area contributed by atoms with Crippen molar-refractivity contribution >= 4 is 21.6 Å². The van der Waals surface area contributed by atoms with Crippen LogP contribution in [-0.2, 0) is 6.42 Å². The summed E-state index contributed by atoms with van der Waals surface area (Å²) in [5.74, 6) is -3.10. The largest absolute Gasteiger partial charge is 0.508 e. The van der Waals surface area contributed by atoms with Crippen LogP contribution >= 0.6 is 15.9 Å². The number of phenolic OH excluding ortho intramolecular Hbond substituents is 1. The number of phenols is 1. The van der Waals surface area contributed by atoms with Crippen LogP contribution in [0, 0.1) is 23.3 Å². The number of fused-ring (bicyclic) bond motifs is 1. The van der Waals surface area contributed by atoms with Crippen molar-refractivity contribution in [1.29, 1.82) is 0 Å². The number of hydrogen-bond donors (Lipinski definition) is 1. The molecule has 1 unspecified atom stereocenters. The lowest BCUT2D eigenvalue weighted by Crippen LogP contribution is -2.44. The molecule has 0 aromatic heterocycles. The predicted octanol–water partition coefficient (Wildman–Crippen LogP) is 6.25. The monoisotopic (exact) mass is 465 g/mol. The first-order chi connectivity index (χ1) is 13.8. The minimum atomic E-state index is -0.998. The summed E-state index contributed by atoms with van der Waals surface area (Å²) in [7, 11) is 0. The Morgan fingerprint density at radius 3 is 2.28 bits per heavy atom. The van der Waals surface area contributed by atoms with E-state index in [0.717, 1.165) is 24.3 Å². The van der Waals surface area contributed by atoms with Crippen molar-refractivity contribution in [3.05, 3.63) is 93.0 Å². The lowest BCUT2D eigenvalue weighted by Gasteiger charge is -2.44. The Kier molecular flexibility index (Phi) is 5.02. The van der Waals surface area contributed by atoms with E-state index >= 15 is 0 Å². The van der Waals surface area contributed by atoms with Gasteiger partial charge in [0.1, 0.15) is 29.0 Å². The van der Waals surface area contributed by atoms with E-state index in [4.69, 9.17) is 0 Å². The smallest absolute Gasteiger partial charge is 0.149 e. The molecule has 0 aliphatic carbocycles. The second-order valence-electron chi connectivity index (χ2n) is 7.12. The normalized spacial score (nSPS) is 18.6. The fourth-order valence-electron chi connectivity index (χ4n) is 4.03. The molecule has 29 heavy (non-hydrogen) atoms. The Hall–Kier alpha value is -2.54. The quantitative estimate of drug-likeness (QED) is 0.452. The third-order valence-electron chi connectivity index (χ3n) is 5.19. The van der Waals surface area contributed by atoms with E-state index in [9.17, 15) is 22.7 Å². The van der Waals surface area contributed by atoms with Crippen LogP contribution in [0.1, 0.15) is 29.7 Å². The van der Waals surface area contributed by atoms with Gasteiger partial charge >= 0.3 is 0 Å². The summed E-state index contributed by atoms with van der Waals surface area (Å²) in [5, 5.41) is 9.86. The summed E-state index contributed by atoms with van der Waals surface area (Å²) in [6, 6.07) is 8.61. The van der Waals surface area contributed by atoms with Crippen molar-refractivity contribution in [3.63, 3.8) is 0 Å². The molecule has 1 aliphatic rings. The first kappa shape index (κ1) is 19.8. The molecular weight excluding hydrogens is 450 g/mol. The lowest BCUT2D eigenvalue weighted by molar-refractivity contribution is 0.463. The second-order valence-corrected chi connectivity index (χ2v) is 8.04. The molecule has 0 amide bonds. The van der Waals surface area contributed by atoms with E-state index in [1.807, 2.05) is 0 Å². The van der Waals surface area contributed by atoms with Crippen molar-refractivity contribution in [1.82, 2.24) is 0 Å². The van der Waals surface area contributed by atoms with Gasteiger partial charge in [0, 0.05) is 16.6 Å². The van der Waals surface area contributed by atoms with Gasteiger partial charge in [0.2, 0.25) is 0 Å². The molecule has 0 spiro atoms. The number of halogens is 5. The number of rotatable bonds is 2. The topological polar surface area (TPSA) is 23.5 Å². The van der Waals surface area contributed by atoms with Gasteiger partial charge in [0.15, 0.2) is 0 Å². The molecule has 1 N–H and O–H groups in total. The van der Waals surface area contributed by atoms with Crippen LogP contribution in [0.3, 0.4) is 0 Å². The number of nitrogens with zero attached hydrogens (tertiary/aromatic N) is 1. The van der Waals surface area contributed by atoms with E-state index < -0.39 is 29.3 Å². The fraction of sp³-hybridized carbons (Fsp3) is 0.182. The van der Waals surface area contributed by atoms with Gasteiger partial charge in [-0.3, -0.25) is 0 Å². The fourth-order valence-corrected chi connectivity index (χ4v) is 4.43. The van der Waals surface area contributed by atoms with E-state index in [1.54, 1.807) is 24.0 Å². The third-order valence-corrected chi connectivity index (χ3v) is 5.65. The van der Waals surface area contributed by atoms with Crippen LogP contribution in [0.25, 0.3) is 0 Å². The summed E-state index contributed by atoms with van der Waals surface area (Å²) >= 11 is 3.08. The Bertz CT molecular complexity index is 1080. The minimum Gasteiger partial charge on any atom is -0.508 e. The third kappa shape index (κ3) is 3.48. The molecule has 0 bridgehead atoms. The van der Waals surface area contributed by atoms with Crippen molar-refractivity contribution in [2.24, 2.45) is 0 Å². The number of hydrogen-bond acceptors (Lipinski definition) is 2. The molecule has 150 valence electrons. The minimum absolute atomic E-state index is 0.0351. The average molecular weight is 466 g/mol. The molecule has 1 aliphatic heterocycles. The van der Waals surface area contributed by atoms with Crippen LogP contribution in [0.15, 0.2) is 53.0 Å². The van der Waals surface area contributed by atoms with Crippen LogP contribution < -0.4 is 4.90 Å². The number of anilines is 1. The van der Waals surface area contributed by atoms with Crippen LogP contribution in [0.4, 0.5) is 23.2 Å². The number of benzene rings is 3. The molecule has 0 radical (unpaired) electrons. The molecule has 7 heteroatoms. The Balaban J connectivity index is 2.00. The Morgan fingerprint density at radius 2 is 1.62 bits per heavy atom. The maximum Gasteiger partial charge on any atom is 0.149 e. The summed E-state index contributed by atoms with van der Waals surface area (Å²) in [6.07, 6.45) is 0.414. The molecule has 3 aromatic carbocycles. The molecule has 3 aromatic rings. The SMILES string of the molecule is CC1Cc2cc(O)ccc2[C@H](c2c(F)cc(Br)cc2F)N1c1ccc(F)cc1F. The second kappa shape index (κ2) is 7.37. The molecule has 2 nitrogen and oxygen atoms in total. The van der Waals surface area contributed by atoms with Gasteiger partial charge in [0.25, 0.3) is 0 Å². The van der Waals surface area contributed by atoms with E-state index in [-0.39, 0.29) is 27.5 Å². The molecule has 2 atom stereocenters. The Morgan fingerprint density at radius 1 is 0.931 bits per heavy atom. The van der Waals surface area contributed by atoms with Gasteiger partial charge in [-0.15, -0.1) is 0 Å². The van der Waals surface area contributed by atoms with E-state index in [2.05, 4.69) is 15.9 Å². The first-order valence-electron chi connectivity index (χ1n) is 8.96. The highest BCUT2D eigenvalue weighted by Gasteiger charge is 2.38. The van der Waals surface area contributed by atoms with Gasteiger partial charge in [-0.05, 0) is 60.9 Å². The highest BCUT2D eigenvalue weighted by molar-refractivity contribution is 9.10. The summed E-state index contributed by atoms with van der Waals surface area (Å²) in [4.78, 5) is 1.56. The summed E-state index contributed by atoms with van der Waals surface area (Å²) < 4.78 is 58.3. The average Bonchev–Trinajstić information content (AvgIpc) is 2.61. The zero-order chi connectivity index (χ0) is 20.9. The van der Waals surface area contributed by atoms with Crippen LogP contribution in [0.5, 0.6) is 5.75 Å².